The van der Waals surface area contributed by atoms with Gasteiger partial charge in [-0.15, -0.1) is 0 Å². The molecule has 1 aromatic rings. The number of nitrogens with zero attached hydrogens (tertiary/aromatic N) is 2. The fourth-order valence-electron chi connectivity index (χ4n) is 2.06. The van der Waals surface area contributed by atoms with E-state index in [1.54, 1.807) is 6.92 Å². The molecule has 0 aliphatic carbocycles. The Bertz CT molecular complexity index is 539. The maximum Gasteiger partial charge on any atom is 0.268 e. The molecule has 0 radical (unpaired) electrons. The van der Waals surface area contributed by atoms with Gasteiger partial charge < -0.3 is 9.84 Å². The lowest BCUT2D eigenvalue weighted by molar-refractivity contribution is 0.0337. The molecule has 0 bridgehead atoms. The summed E-state index contributed by atoms with van der Waals surface area (Å²) < 4.78 is 5.25. The van der Waals surface area contributed by atoms with Crippen LogP contribution in [0.1, 0.15) is 16.7 Å². The molecule has 0 spiro atoms. The van der Waals surface area contributed by atoms with Crippen molar-refractivity contribution in [2.24, 2.45) is 0 Å². The van der Waals surface area contributed by atoms with E-state index < -0.39 is 5.56 Å². The van der Waals surface area contributed by atoms with Crippen LogP contribution in [0.25, 0.3) is 0 Å². The predicted octanol–water partition coefficient (Wildman–Crippen LogP) is 0.0928. The first-order valence-corrected chi connectivity index (χ1v) is 5.78. The van der Waals surface area contributed by atoms with Gasteiger partial charge in [-0.05, 0) is 12.5 Å². The molecular weight excluding hydrogens is 234 g/mol. The number of hydrogen-bond acceptors (Lipinski definition) is 5. The average molecular weight is 249 g/mol. The molecule has 0 aromatic carbocycles. The third kappa shape index (κ3) is 2.37. The highest BCUT2D eigenvalue weighted by molar-refractivity contribution is 5.44. The fraction of sp³-hybridized carbons (Fsp3) is 0.500. The van der Waals surface area contributed by atoms with Crippen LogP contribution in [-0.2, 0) is 11.3 Å². The van der Waals surface area contributed by atoms with E-state index in [-0.39, 0.29) is 11.4 Å². The van der Waals surface area contributed by atoms with Crippen molar-refractivity contribution >= 4 is 0 Å². The largest absolute Gasteiger partial charge is 0.494 e. The van der Waals surface area contributed by atoms with Gasteiger partial charge >= 0.3 is 0 Å². The number of pyridine rings is 1. The highest BCUT2D eigenvalue weighted by Gasteiger charge is 2.18. The number of H-pyrrole nitrogens is 1. The molecule has 2 heterocycles. The summed E-state index contributed by atoms with van der Waals surface area (Å²) in [5.41, 5.74) is 0.674. The van der Waals surface area contributed by atoms with Crippen LogP contribution in [0.5, 0.6) is 5.88 Å². The zero-order valence-electron chi connectivity index (χ0n) is 10.2. The molecule has 0 amide bonds. The van der Waals surface area contributed by atoms with Gasteiger partial charge in [0.1, 0.15) is 11.6 Å². The first-order valence-electron chi connectivity index (χ1n) is 5.78. The summed E-state index contributed by atoms with van der Waals surface area (Å²) in [6.45, 7) is 5.07. The minimum atomic E-state index is -0.543. The number of morpholine rings is 1. The van der Waals surface area contributed by atoms with E-state index >= 15 is 0 Å². The Kier molecular flexibility index (Phi) is 3.65. The van der Waals surface area contributed by atoms with Gasteiger partial charge in [0.2, 0.25) is 0 Å². The third-order valence-corrected chi connectivity index (χ3v) is 3.17. The number of aromatic hydroxyl groups is 1. The summed E-state index contributed by atoms with van der Waals surface area (Å²) in [6, 6.07) is 1.87. The number of rotatable bonds is 2. The van der Waals surface area contributed by atoms with Crippen LogP contribution in [-0.4, -0.2) is 41.3 Å². The smallest absolute Gasteiger partial charge is 0.268 e. The summed E-state index contributed by atoms with van der Waals surface area (Å²) in [7, 11) is 0. The predicted molar refractivity (Wildman–Crippen MR) is 64.3 cm³/mol. The average Bonchev–Trinajstić information content (AvgIpc) is 2.36. The Balaban J connectivity index is 2.32. The van der Waals surface area contributed by atoms with Crippen LogP contribution in [0, 0.1) is 18.3 Å². The van der Waals surface area contributed by atoms with Gasteiger partial charge in [-0.3, -0.25) is 14.7 Å². The molecule has 1 fully saturated rings. The second kappa shape index (κ2) is 5.21. The van der Waals surface area contributed by atoms with E-state index in [1.807, 2.05) is 6.07 Å². The van der Waals surface area contributed by atoms with E-state index in [2.05, 4.69) is 9.88 Å². The number of nitriles is 1. The molecule has 1 saturated heterocycles. The number of nitrogens with one attached hydrogen (secondary N) is 1. The summed E-state index contributed by atoms with van der Waals surface area (Å²) in [5, 5.41) is 18.7. The first kappa shape index (κ1) is 12.6. The minimum Gasteiger partial charge on any atom is -0.494 e. The lowest BCUT2D eigenvalue weighted by Crippen LogP contribution is -2.36. The van der Waals surface area contributed by atoms with Gasteiger partial charge in [-0.25, -0.2) is 0 Å². The van der Waals surface area contributed by atoms with Gasteiger partial charge in [-0.1, -0.05) is 0 Å². The van der Waals surface area contributed by atoms with Crippen molar-refractivity contribution in [1.29, 1.82) is 5.26 Å². The van der Waals surface area contributed by atoms with Crippen LogP contribution >= 0.6 is 0 Å². The van der Waals surface area contributed by atoms with E-state index in [0.717, 1.165) is 13.1 Å². The normalized spacial score (nSPS) is 16.4. The topological polar surface area (TPSA) is 89.3 Å². The maximum absolute atomic E-state index is 11.5. The molecule has 0 unspecified atom stereocenters. The summed E-state index contributed by atoms with van der Waals surface area (Å²) in [5.74, 6) is -0.150. The Hall–Kier alpha value is -1.84. The molecule has 6 heteroatoms. The lowest BCUT2D eigenvalue weighted by atomic mass is 10.1. The van der Waals surface area contributed by atoms with E-state index in [4.69, 9.17) is 10.00 Å². The van der Waals surface area contributed by atoms with Gasteiger partial charge in [-0.2, -0.15) is 5.26 Å². The van der Waals surface area contributed by atoms with Crippen molar-refractivity contribution < 1.29 is 9.84 Å². The van der Waals surface area contributed by atoms with Gasteiger partial charge in [0.05, 0.1) is 13.2 Å². The van der Waals surface area contributed by atoms with Crippen molar-refractivity contribution in [3.8, 4) is 11.9 Å². The van der Waals surface area contributed by atoms with Crippen LogP contribution in [0.15, 0.2) is 4.79 Å². The van der Waals surface area contributed by atoms with Crippen molar-refractivity contribution in [3.05, 3.63) is 27.0 Å². The molecule has 18 heavy (non-hydrogen) atoms. The van der Waals surface area contributed by atoms with Crippen LogP contribution < -0.4 is 5.56 Å². The molecule has 6 nitrogen and oxygen atoms in total. The SMILES string of the molecule is Cc1c(CN2CCOCC2)c(O)[nH]c(=O)c1C#N. The van der Waals surface area contributed by atoms with E-state index in [1.165, 1.54) is 0 Å². The lowest BCUT2D eigenvalue weighted by Gasteiger charge is -2.27. The van der Waals surface area contributed by atoms with Crippen molar-refractivity contribution in [1.82, 2.24) is 9.88 Å². The Morgan fingerprint density at radius 3 is 2.78 bits per heavy atom. The summed E-state index contributed by atoms with van der Waals surface area (Å²) in [6.07, 6.45) is 0. The maximum atomic E-state index is 11.5. The minimum absolute atomic E-state index is 0.0658. The van der Waals surface area contributed by atoms with Crippen molar-refractivity contribution in [3.63, 3.8) is 0 Å². The summed E-state index contributed by atoms with van der Waals surface area (Å²) in [4.78, 5) is 15.9. The highest BCUT2D eigenvalue weighted by Crippen LogP contribution is 2.20. The first-order chi connectivity index (χ1) is 8.63. The summed E-state index contributed by atoms with van der Waals surface area (Å²) >= 11 is 0. The second-order valence-electron chi connectivity index (χ2n) is 4.28. The molecule has 1 aliphatic heterocycles. The molecule has 1 aromatic heterocycles. The number of hydrogen-bond donors (Lipinski definition) is 2. The molecule has 2 rings (SSSR count). The van der Waals surface area contributed by atoms with Crippen LogP contribution in [0.4, 0.5) is 0 Å². The van der Waals surface area contributed by atoms with Gasteiger partial charge in [0.15, 0.2) is 5.88 Å². The quantitative estimate of drug-likeness (QED) is 0.775. The fourth-order valence-corrected chi connectivity index (χ4v) is 2.06. The van der Waals surface area contributed by atoms with Gasteiger partial charge in [0.25, 0.3) is 5.56 Å². The molecule has 1 aliphatic rings. The molecule has 0 atom stereocenters. The number of ether oxygens (including phenoxy) is 1. The number of aromatic nitrogens is 1. The molecule has 0 saturated carbocycles. The molecule has 2 N–H and O–H groups in total. The molecule has 96 valence electrons. The van der Waals surface area contributed by atoms with E-state index in [0.29, 0.717) is 30.9 Å². The van der Waals surface area contributed by atoms with Crippen LogP contribution in [0.2, 0.25) is 0 Å². The zero-order chi connectivity index (χ0) is 13.1. The third-order valence-electron chi connectivity index (χ3n) is 3.17. The zero-order valence-corrected chi connectivity index (χ0v) is 10.2. The van der Waals surface area contributed by atoms with Crippen molar-refractivity contribution in [2.75, 3.05) is 26.3 Å². The van der Waals surface area contributed by atoms with Crippen LogP contribution in [0.3, 0.4) is 0 Å². The Labute approximate surface area is 104 Å². The second-order valence-corrected chi connectivity index (χ2v) is 4.28. The Morgan fingerprint density at radius 1 is 1.50 bits per heavy atom. The van der Waals surface area contributed by atoms with Crippen molar-refractivity contribution in [2.45, 2.75) is 13.5 Å². The highest BCUT2D eigenvalue weighted by atomic mass is 16.5. The Morgan fingerprint density at radius 2 is 2.17 bits per heavy atom. The number of aromatic amines is 1. The van der Waals surface area contributed by atoms with E-state index in [9.17, 15) is 9.90 Å². The standard InChI is InChI=1S/C12H15N3O3/c1-8-9(6-13)11(16)14-12(17)10(8)7-15-2-4-18-5-3-15/h2-5,7H2,1H3,(H2,14,16,17). The monoisotopic (exact) mass is 249 g/mol. The molecular formula is C12H15N3O3. The van der Waals surface area contributed by atoms with Gasteiger partial charge in [0, 0.05) is 25.2 Å².